The van der Waals surface area contributed by atoms with Gasteiger partial charge in [0.2, 0.25) is 11.8 Å². The summed E-state index contributed by atoms with van der Waals surface area (Å²) in [6.45, 7) is 8.83. The normalized spacial score (nSPS) is 24.1. The maximum absolute atomic E-state index is 13.0. The Bertz CT molecular complexity index is 682. The molecule has 0 bridgehead atoms. The number of fused-ring (bicyclic) bond motifs is 1. The van der Waals surface area contributed by atoms with Gasteiger partial charge in [-0.2, -0.15) is 0 Å². The summed E-state index contributed by atoms with van der Waals surface area (Å²) in [5.74, 6) is 1.12. The summed E-state index contributed by atoms with van der Waals surface area (Å²) in [5.41, 5.74) is 1.13. The average Bonchev–Trinajstić information content (AvgIpc) is 2.74. The van der Waals surface area contributed by atoms with E-state index < -0.39 is 0 Å². The van der Waals surface area contributed by atoms with Crippen molar-refractivity contribution >= 4 is 11.8 Å². The molecular formula is C23H38N4O3. The Morgan fingerprint density at radius 3 is 2.77 bits per heavy atom. The van der Waals surface area contributed by atoms with Crippen LogP contribution in [0.25, 0.3) is 0 Å². The van der Waals surface area contributed by atoms with Gasteiger partial charge in [-0.25, -0.2) is 0 Å². The van der Waals surface area contributed by atoms with E-state index in [1.54, 1.807) is 4.90 Å². The molecule has 0 aliphatic carbocycles. The maximum Gasteiger partial charge on any atom is 0.239 e. The SMILES string of the molecule is CCC(C)C1NC[C@@H](C)Oc2ccccc2CCCNC(=O)CNCCN(C)C1=O. The fourth-order valence-corrected chi connectivity index (χ4v) is 3.51. The van der Waals surface area contributed by atoms with E-state index in [4.69, 9.17) is 4.74 Å². The summed E-state index contributed by atoms with van der Waals surface area (Å²) >= 11 is 0. The molecule has 1 aromatic rings. The first kappa shape index (κ1) is 24.2. The first-order valence-corrected chi connectivity index (χ1v) is 11.1. The van der Waals surface area contributed by atoms with Gasteiger partial charge in [-0.15, -0.1) is 0 Å². The van der Waals surface area contributed by atoms with E-state index in [2.05, 4.69) is 35.9 Å². The Hall–Kier alpha value is -2.12. The minimum atomic E-state index is -0.261. The molecule has 0 spiro atoms. The van der Waals surface area contributed by atoms with E-state index in [9.17, 15) is 9.59 Å². The number of likely N-dealkylation sites (N-methyl/N-ethyl adjacent to an activating group) is 1. The van der Waals surface area contributed by atoms with Gasteiger partial charge in [0.1, 0.15) is 11.9 Å². The van der Waals surface area contributed by atoms with Gasteiger partial charge in [-0.05, 0) is 37.3 Å². The molecule has 1 heterocycles. The van der Waals surface area contributed by atoms with Crippen LogP contribution in [0.3, 0.4) is 0 Å². The molecule has 7 heteroatoms. The van der Waals surface area contributed by atoms with Crippen LogP contribution in [0.1, 0.15) is 39.2 Å². The van der Waals surface area contributed by atoms with Crippen LogP contribution in [-0.2, 0) is 16.0 Å². The van der Waals surface area contributed by atoms with Gasteiger partial charge in [-0.3, -0.25) is 9.59 Å². The molecule has 1 aromatic carbocycles. The molecule has 2 unspecified atom stereocenters. The van der Waals surface area contributed by atoms with Crippen molar-refractivity contribution in [3.05, 3.63) is 29.8 Å². The number of hydrogen-bond acceptors (Lipinski definition) is 5. The molecule has 2 amide bonds. The van der Waals surface area contributed by atoms with Gasteiger partial charge in [-0.1, -0.05) is 38.5 Å². The van der Waals surface area contributed by atoms with Crippen LogP contribution in [0.15, 0.2) is 24.3 Å². The lowest BCUT2D eigenvalue weighted by molar-refractivity contribution is -0.133. The molecule has 3 atom stereocenters. The van der Waals surface area contributed by atoms with Crippen LogP contribution in [0.4, 0.5) is 0 Å². The van der Waals surface area contributed by atoms with Crippen LogP contribution >= 0.6 is 0 Å². The summed E-state index contributed by atoms with van der Waals surface area (Å²) in [5, 5.41) is 9.51. The number of para-hydroxylation sites is 1. The molecule has 30 heavy (non-hydrogen) atoms. The number of aryl methyl sites for hydroxylation is 1. The van der Waals surface area contributed by atoms with Crippen molar-refractivity contribution in [3.63, 3.8) is 0 Å². The number of carbonyl (C=O) groups excluding carboxylic acids is 2. The van der Waals surface area contributed by atoms with Gasteiger partial charge in [0.15, 0.2) is 0 Å². The van der Waals surface area contributed by atoms with E-state index in [0.29, 0.717) is 26.2 Å². The van der Waals surface area contributed by atoms with E-state index in [-0.39, 0.29) is 36.4 Å². The van der Waals surface area contributed by atoms with E-state index in [0.717, 1.165) is 30.6 Å². The van der Waals surface area contributed by atoms with Crippen LogP contribution in [0, 0.1) is 5.92 Å². The lowest BCUT2D eigenvalue weighted by atomic mass is 9.97. The second kappa shape index (κ2) is 12.5. The quantitative estimate of drug-likeness (QED) is 0.679. The lowest BCUT2D eigenvalue weighted by Crippen LogP contribution is -2.51. The molecule has 1 aliphatic rings. The Morgan fingerprint density at radius 2 is 2.00 bits per heavy atom. The third-order valence-electron chi connectivity index (χ3n) is 5.64. The van der Waals surface area contributed by atoms with E-state index >= 15 is 0 Å². The minimum Gasteiger partial charge on any atom is -0.489 e. The Kier molecular flexibility index (Phi) is 10.1. The van der Waals surface area contributed by atoms with Crippen molar-refractivity contribution in [2.24, 2.45) is 5.92 Å². The van der Waals surface area contributed by atoms with Crippen molar-refractivity contribution in [2.45, 2.75) is 52.2 Å². The molecule has 7 nitrogen and oxygen atoms in total. The molecule has 3 N–H and O–H groups in total. The third-order valence-corrected chi connectivity index (χ3v) is 5.64. The van der Waals surface area contributed by atoms with Gasteiger partial charge >= 0.3 is 0 Å². The van der Waals surface area contributed by atoms with E-state index in [1.165, 1.54) is 0 Å². The highest BCUT2D eigenvalue weighted by Gasteiger charge is 2.27. The molecular weight excluding hydrogens is 380 g/mol. The first-order chi connectivity index (χ1) is 14.4. The molecule has 0 saturated heterocycles. The van der Waals surface area contributed by atoms with Crippen LogP contribution in [-0.4, -0.2) is 68.6 Å². The Labute approximate surface area is 180 Å². The summed E-state index contributed by atoms with van der Waals surface area (Å²) in [6, 6.07) is 7.77. The van der Waals surface area contributed by atoms with Crippen molar-refractivity contribution in [1.29, 1.82) is 0 Å². The molecule has 0 radical (unpaired) electrons. The van der Waals surface area contributed by atoms with Crippen molar-refractivity contribution < 1.29 is 14.3 Å². The summed E-state index contributed by atoms with van der Waals surface area (Å²) < 4.78 is 6.20. The first-order valence-electron chi connectivity index (χ1n) is 11.1. The van der Waals surface area contributed by atoms with Gasteiger partial charge < -0.3 is 25.6 Å². The van der Waals surface area contributed by atoms with Gasteiger partial charge in [0.25, 0.3) is 0 Å². The van der Waals surface area contributed by atoms with Gasteiger partial charge in [0.05, 0.1) is 12.6 Å². The number of rotatable bonds is 2. The van der Waals surface area contributed by atoms with E-state index in [1.807, 2.05) is 32.2 Å². The highest BCUT2D eigenvalue weighted by molar-refractivity contribution is 5.82. The zero-order valence-corrected chi connectivity index (χ0v) is 18.9. The smallest absolute Gasteiger partial charge is 0.239 e. The predicted octanol–water partition coefficient (Wildman–Crippen LogP) is 1.57. The highest BCUT2D eigenvalue weighted by Crippen LogP contribution is 2.21. The minimum absolute atomic E-state index is 0.0256. The fourth-order valence-electron chi connectivity index (χ4n) is 3.51. The zero-order valence-electron chi connectivity index (χ0n) is 18.9. The van der Waals surface area contributed by atoms with Crippen LogP contribution in [0.2, 0.25) is 0 Å². The van der Waals surface area contributed by atoms with Gasteiger partial charge in [0, 0.05) is 33.2 Å². The zero-order chi connectivity index (χ0) is 21.9. The molecule has 2 rings (SSSR count). The average molecular weight is 419 g/mol. The Morgan fingerprint density at radius 1 is 1.23 bits per heavy atom. The topological polar surface area (TPSA) is 82.7 Å². The van der Waals surface area contributed by atoms with Crippen molar-refractivity contribution in [2.75, 3.05) is 39.8 Å². The van der Waals surface area contributed by atoms with Crippen LogP contribution in [0.5, 0.6) is 5.75 Å². The molecule has 168 valence electrons. The standard InChI is InChI=1S/C23H38N4O3/c1-5-17(2)22-23(29)27(4)14-13-24-16-21(28)25-12-8-10-19-9-6-7-11-20(19)30-18(3)15-26-22/h6-7,9,11,17-18,22,24,26H,5,8,10,12-16H2,1-4H3,(H,25,28)/t17?,18-,22?/m1/s1. The number of benzene rings is 1. The number of nitrogens with zero attached hydrogens (tertiary/aromatic N) is 1. The second-order valence-corrected chi connectivity index (χ2v) is 8.20. The van der Waals surface area contributed by atoms with Crippen molar-refractivity contribution in [1.82, 2.24) is 20.9 Å². The number of amides is 2. The number of ether oxygens (including phenoxy) is 1. The number of hydrogen-bond donors (Lipinski definition) is 3. The summed E-state index contributed by atoms with van der Waals surface area (Å²) in [7, 11) is 1.82. The predicted molar refractivity (Wildman–Crippen MR) is 120 cm³/mol. The lowest BCUT2D eigenvalue weighted by Gasteiger charge is -2.30. The molecule has 1 aliphatic heterocycles. The third kappa shape index (κ3) is 7.61. The Balaban J connectivity index is 2.13. The highest BCUT2D eigenvalue weighted by atomic mass is 16.5. The van der Waals surface area contributed by atoms with Crippen molar-refractivity contribution in [3.8, 4) is 5.75 Å². The molecule has 0 aromatic heterocycles. The number of nitrogens with one attached hydrogen (secondary N) is 3. The maximum atomic E-state index is 13.0. The molecule has 0 fully saturated rings. The summed E-state index contributed by atoms with van der Waals surface area (Å²) in [6.07, 6.45) is 2.53. The van der Waals surface area contributed by atoms with Crippen LogP contribution < -0.4 is 20.7 Å². The molecule has 0 saturated carbocycles. The second-order valence-electron chi connectivity index (χ2n) is 8.20. The number of carbonyl (C=O) groups is 2. The monoisotopic (exact) mass is 418 g/mol. The summed E-state index contributed by atoms with van der Waals surface area (Å²) in [4.78, 5) is 26.8. The fraction of sp³-hybridized carbons (Fsp3) is 0.652. The largest absolute Gasteiger partial charge is 0.489 e.